The zero-order valence-electron chi connectivity index (χ0n) is 12.8. The van der Waals surface area contributed by atoms with Gasteiger partial charge in [-0.3, -0.25) is 0 Å². The summed E-state index contributed by atoms with van der Waals surface area (Å²) < 4.78 is 27.0. The number of benzene rings is 2. The zero-order valence-corrected chi connectivity index (χ0v) is 12.8. The van der Waals surface area contributed by atoms with Gasteiger partial charge in [-0.15, -0.1) is 0 Å². The van der Waals surface area contributed by atoms with Gasteiger partial charge >= 0.3 is 0 Å². The van der Waals surface area contributed by atoms with Gasteiger partial charge in [-0.1, -0.05) is 44.2 Å². The molecule has 2 nitrogen and oxygen atoms in total. The number of aliphatic hydroxyl groups is 1. The van der Waals surface area contributed by atoms with Crippen LogP contribution in [0.4, 0.5) is 8.78 Å². The van der Waals surface area contributed by atoms with Crippen molar-refractivity contribution in [3.63, 3.8) is 0 Å². The summed E-state index contributed by atoms with van der Waals surface area (Å²) in [5, 5.41) is 12.4. The van der Waals surface area contributed by atoms with Crippen LogP contribution < -0.4 is 5.32 Å². The molecule has 0 spiro atoms. The van der Waals surface area contributed by atoms with E-state index in [1.54, 1.807) is 0 Å². The monoisotopic (exact) mass is 305 g/mol. The number of hydrogen-bond donors (Lipinski definition) is 2. The first-order chi connectivity index (χ1) is 10.5. The molecule has 4 heteroatoms. The second-order valence-corrected chi connectivity index (χ2v) is 5.74. The lowest BCUT2D eigenvalue weighted by atomic mass is 9.95. The Morgan fingerprint density at radius 2 is 1.64 bits per heavy atom. The van der Waals surface area contributed by atoms with E-state index < -0.39 is 11.6 Å². The van der Waals surface area contributed by atoms with E-state index in [1.165, 1.54) is 12.1 Å². The maximum atomic E-state index is 14.0. The van der Waals surface area contributed by atoms with Crippen molar-refractivity contribution < 1.29 is 13.9 Å². The van der Waals surface area contributed by atoms with Gasteiger partial charge in [0.15, 0.2) is 0 Å². The normalized spacial score (nSPS) is 12.6. The average Bonchev–Trinajstić information content (AvgIpc) is 2.49. The standard InChI is InChI=1S/C18H21F2NO/c1-12(2)18(16-8-7-15(19)9-17(16)20)21-10-13-3-5-14(11-22)6-4-13/h3-9,12,18,21-22H,10-11H2,1-2H3. The summed E-state index contributed by atoms with van der Waals surface area (Å²) >= 11 is 0. The van der Waals surface area contributed by atoms with Crippen LogP contribution in [0.1, 0.15) is 36.6 Å². The molecule has 118 valence electrons. The van der Waals surface area contributed by atoms with Crippen LogP contribution in [0.3, 0.4) is 0 Å². The van der Waals surface area contributed by atoms with Crippen LogP contribution in [0.5, 0.6) is 0 Å². The average molecular weight is 305 g/mol. The molecule has 1 atom stereocenters. The second-order valence-electron chi connectivity index (χ2n) is 5.74. The summed E-state index contributed by atoms with van der Waals surface area (Å²) in [6, 6.07) is 11.1. The van der Waals surface area contributed by atoms with Crippen LogP contribution in [-0.2, 0) is 13.2 Å². The van der Waals surface area contributed by atoms with Gasteiger partial charge in [-0.2, -0.15) is 0 Å². The maximum absolute atomic E-state index is 14.0. The Bertz CT molecular complexity index is 611. The molecule has 0 fully saturated rings. The fourth-order valence-corrected chi connectivity index (χ4v) is 2.45. The summed E-state index contributed by atoms with van der Waals surface area (Å²) in [5.74, 6) is -0.929. The van der Waals surface area contributed by atoms with Crippen LogP contribution >= 0.6 is 0 Å². The van der Waals surface area contributed by atoms with E-state index in [4.69, 9.17) is 5.11 Å². The van der Waals surface area contributed by atoms with Crippen molar-refractivity contribution in [3.05, 3.63) is 70.8 Å². The smallest absolute Gasteiger partial charge is 0.130 e. The van der Waals surface area contributed by atoms with E-state index in [9.17, 15) is 8.78 Å². The highest BCUT2D eigenvalue weighted by Gasteiger charge is 2.19. The molecule has 2 rings (SSSR count). The van der Waals surface area contributed by atoms with Gasteiger partial charge in [0.1, 0.15) is 11.6 Å². The molecule has 0 aliphatic heterocycles. The van der Waals surface area contributed by atoms with Crippen LogP contribution in [-0.4, -0.2) is 5.11 Å². The molecule has 0 radical (unpaired) electrons. The molecule has 0 bridgehead atoms. The molecular weight excluding hydrogens is 284 g/mol. The van der Waals surface area contributed by atoms with Gasteiger partial charge in [-0.05, 0) is 23.1 Å². The maximum Gasteiger partial charge on any atom is 0.130 e. The minimum atomic E-state index is -0.566. The third kappa shape index (κ3) is 4.12. The molecule has 0 amide bonds. The van der Waals surface area contributed by atoms with Crippen LogP contribution in [0.25, 0.3) is 0 Å². The molecule has 2 N–H and O–H groups in total. The predicted molar refractivity (Wildman–Crippen MR) is 83.1 cm³/mol. The molecule has 0 heterocycles. The highest BCUT2D eigenvalue weighted by Crippen LogP contribution is 2.25. The van der Waals surface area contributed by atoms with E-state index >= 15 is 0 Å². The van der Waals surface area contributed by atoms with Gasteiger partial charge < -0.3 is 10.4 Å². The van der Waals surface area contributed by atoms with Gasteiger partial charge in [0, 0.05) is 24.2 Å². The largest absolute Gasteiger partial charge is 0.392 e. The molecular formula is C18H21F2NO. The Kier molecular flexibility index (Phi) is 5.63. The summed E-state index contributed by atoms with van der Waals surface area (Å²) in [7, 11) is 0. The molecule has 2 aromatic carbocycles. The van der Waals surface area contributed by atoms with Crippen molar-refractivity contribution in [1.82, 2.24) is 5.32 Å². The lowest BCUT2D eigenvalue weighted by Gasteiger charge is -2.23. The number of rotatable bonds is 6. The highest BCUT2D eigenvalue weighted by molar-refractivity contribution is 5.24. The molecule has 0 aliphatic rings. The Morgan fingerprint density at radius 3 is 2.18 bits per heavy atom. The minimum Gasteiger partial charge on any atom is -0.392 e. The first kappa shape index (κ1) is 16.6. The minimum absolute atomic E-state index is 0.0170. The quantitative estimate of drug-likeness (QED) is 0.847. The Hall–Kier alpha value is -1.78. The van der Waals surface area contributed by atoms with E-state index in [0.717, 1.165) is 17.2 Å². The van der Waals surface area contributed by atoms with Crippen LogP contribution in [0.15, 0.2) is 42.5 Å². The van der Waals surface area contributed by atoms with E-state index in [2.05, 4.69) is 5.32 Å². The summed E-state index contributed by atoms with van der Waals surface area (Å²) in [6.45, 7) is 4.58. The van der Waals surface area contributed by atoms with Crippen molar-refractivity contribution in [2.24, 2.45) is 5.92 Å². The van der Waals surface area contributed by atoms with Gasteiger partial charge in [-0.25, -0.2) is 8.78 Å². The Balaban J connectivity index is 2.11. The second kappa shape index (κ2) is 7.47. The Morgan fingerprint density at radius 1 is 1.00 bits per heavy atom. The van der Waals surface area contributed by atoms with Gasteiger partial charge in [0.05, 0.1) is 6.61 Å². The van der Waals surface area contributed by atoms with Crippen molar-refractivity contribution in [1.29, 1.82) is 0 Å². The third-order valence-corrected chi connectivity index (χ3v) is 3.70. The fraction of sp³-hybridized carbons (Fsp3) is 0.333. The first-order valence-electron chi connectivity index (χ1n) is 7.38. The molecule has 0 aliphatic carbocycles. The Labute approximate surface area is 129 Å². The molecule has 0 saturated heterocycles. The van der Waals surface area contributed by atoms with Gasteiger partial charge in [0.2, 0.25) is 0 Å². The molecule has 0 aromatic heterocycles. The molecule has 1 unspecified atom stereocenters. The van der Waals surface area contributed by atoms with E-state index in [-0.39, 0.29) is 18.6 Å². The highest BCUT2D eigenvalue weighted by atomic mass is 19.1. The molecule has 2 aromatic rings. The third-order valence-electron chi connectivity index (χ3n) is 3.70. The number of hydrogen-bond acceptors (Lipinski definition) is 2. The van der Waals surface area contributed by atoms with Gasteiger partial charge in [0.25, 0.3) is 0 Å². The fourth-order valence-electron chi connectivity index (χ4n) is 2.45. The topological polar surface area (TPSA) is 32.3 Å². The lowest BCUT2D eigenvalue weighted by molar-refractivity contribution is 0.282. The van der Waals surface area contributed by atoms with Crippen LogP contribution in [0.2, 0.25) is 0 Å². The van der Waals surface area contributed by atoms with Crippen LogP contribution in [0, 0.1) is 17.6 Å². The van der Waals surface area contributed by atoms with E-state index in [1.807, 2.05) is 38.1 Å². The SMILES string of the molecule is CC(C)C(NCc1ccc(CO)cc1)c1ccc(F)cc1F. The van der Waals surface area contributed by atoms with E-state index in [0.29, 0.717) is 12.1 Å². The zero-order chi connectivity index (χ0) is 16.1. The number of nitrogens with one attached hydrogen (secondary N) is 1. The molecule has 0 saturated carbocycles. The van der Waals surface area contributed by atoms with Crippen molar-refractivity contribution in [2.45, 2.75) is 33.0 Å². The summed E-state index contributed by atoms with van der Waals surface area (Å²) in [6.07, 6.45) is 0. The summed E-state index contributed by atoms with van der Waals surface area (Å²) in [5.41, 5.74) is 2.38. The predicted octanol–water partition coefficient (Wildman–Crippen LogP) is 3.94. The van der Waals surface area contributed by atoms with Crippen molar-refractivity contribution in [3.8, 4) is 0 Å². The first-order valence-corrected chi connectivity index (χ1v) is 7.38. The molecule has 22 heavy (non-hydrogen) atoms. The number of aliphatic hydroxyl groups excluding tert-OH is 1. The lowest BCUT2D eigenvalue weighted by Crippen LogP contribution is -2.26. The summed E-state index contributed by atoms with van der Waals surface area (Å²) in [4.78, 5) is 0. The van der Waals surface area contributed by atoms with Crippen molar-refractivity contribution in [2.75, 3.05) is 0 Å². The van der Waals surface area contributed by atoms with Crippen molar-refractivity contribution >= 4 is 0 Å². The number of halogens is 2.